The van der Waals surface area contributed by atoms with Gasteiger partial charge in [0.2, 0.25) is 0 Å². The fourth-order valence-corrected chi connectivity index (χ4v) is 1.07. The second kappa shape index (κ2) is 3.40. The Kier molecular flexibility index (Phi) is 2.50. The molecule has 0 aromatic rings. The first-order chi connectivity index (χ1) is 5.70. The number of carbonyl (C=O) groups excluding carboxylic acids is 2. The predicted molar refractivity (Wildman–Crippen MR) is 46.6 cm³/mol. The highest BCUT2D eigenvalue weighted by Gasteiger charge is 2.29. The second-order valence-electron chi connectivity index (χ2n) is 2.12. The Morgan fingerprint density at radius 2 is 1.83 bits per heavy atom. The van der Waals surface area contributed by atoms with Crippen molar-refractivity contribution in [2.24, 2.45) is 0 Å². The van der Waals surface area contributed by atoms with E-state index >= 15 is 0 Å². The lowest BCUT2D eigenvalue weighted by Crippen LogP contribution is -2.01. The summed E-state index contributed by atoms with van der Waals surface area (Å²) in [6.07, 6.45) is 3.15. The molecule has 1 heterocycles. The average Bonchev–Trinajstić information content (AvgIpc) is 2.28. The van der Waals surface area contributed by atoms with E-state index in [1.54, 1.807) is 13.0 Å². The van der Waals surface area contributed by atoms with Crippen molar-refractivity contribution in [3.8, 4) is 0 Å². The molecule has 0 saturated carbocycles. The topological polar surface area (TPSA) is 43.4 Å². The van der Waals surface area contributed by atoms with Gasteiger partial charge in [0.1, 0.15) is 0 Å². The van der Waals surface area contributed by atoms with Crippen molar-refractivity contribution in [3.05, 3.63) is 23.3 Å². The van der Waals surface area contributed by atoms with E-state index in [2.05, 4.69) is 17.0 Å². The van der Waals surface area contributed by atoms with Gasteiger partial charge in [0, 0.05) is 5.37 Å². The number of ether oxygens (including phenoxy) is 1. The summed E-state index contributed by atoms with van der Waals surface area (Å²) >= 11 is 4.56. The Balaban J connectivity index is 3.18. The highest BCUT2D eigenvalue weighted by Crippen LogP contribution is 2.16. The molecule has 0 amide bonds. The van der Waals surface area contributed by atoms with Gasteiger partial charge in [0.25, 0.3) is 0 Å². The molecular weight excluding hydrogens is 176 g/mol. The largest absolute Gasteiger partial charge is 0.386 e. The minimum Gasteiger partial charge on any atom is -0.386 e. The molecule has 0 saturated heterocycles. The molecule has 0 atom stereocenters. The predicted octanol–water partition coefficient (Wildman–Crippen LogP) is 0.942. The molecule has 0 radical (unpaired) electrons. The Labute approximate surface area is 74.7 Å². The lowest BCUT2D eigenvalue weighted by molar-refractivity contribution is -0.150. The van der Waals surface area contributed by atoms with Gasteiger partial charge in [-0.15, -0.1) is 0 Å². The fourth-order valence-electron chi connectivity index (χ4n) is 0.850. The molecule has 0 bridgehead atoms. The quantitative estimate of drug-likeness (QED) is 0.362. The number of esters is 2. The lowest BCUT2D eigenvalue weighted by Gasteiger charge is -1.85. The molecule has 0 N–H and O–H groups in total. The Morgan fingerprint density at radius 3 is 2.33 bits per heavy atom. The standard InChI is InChI=1S/C8H6O3S/c1-2-3-5-6(4-12)8(10)11-7(5)9/h2-4H,1H3/b3-2-. The van der Waals surface area contributed by atoms with Crippen molar-refractivity contribution < 1.29 is 14.3 Å². The van der Waals surface area contributed by atoms with Crippen LogP contribution in [0.4, 0.5) is 0 Å². The van der Waals surface area contributed by atoms with Crippen LogP contribution in [0.3, 0.4) is 0 Å². The fraction of sp³-hybridized carbons (Fsp3) is 0.125. The van der Waals surface area contributed by atoms with Crippen molar-refractivity contribution in [1.29, 1.82) is 0 Å². The summed E-state index contributed by atoms with van der Waals surface area (Å²) < 4.78 is 4.33. The summed E-state index contributed by atoms with van der Waals surface area (Å²) in [6, 6.07) is 0. The van der Waals surface area contributed by atoms with E-state index in [1.165, 1.54) is 6.08 Å². The summed E-state index contributed by atoms with van der Waals surface area (Å²) in [6.45, 7) is 1.74. The van der Waals surface area contributed by atoms with Gasteiger partial charge in [-0.2, -0.15) is 0 Å². The molecule has 12 heavy (non-hydrogen) atoms. The number of allylic oxidation sites excluding steroid dienone is 1. The molecule has 0 aromatic heterocycles. The van der Waals surface area contributed by atoms with Crippen LogP contribution in [0.25, 0.3) is 0 Å². The molecule has 0 unspecified atom stereocenters. The molecule has 0 aliphatic carbocycles. The molecule has 0 fully saturated rings. The van der Waals surface area contributed by atoms with Crippen molar-refractivity contribution in [2.75, 3.05) is 0 Å². The van der Waals surface area contributed by atoms with E-state index in [-0.39, 0.29) is 11.1 Å². The Bertz CT molecular complexity index is 312. The van der Waals surface area contributed by atoms with Gasteiger partial charge < -0.3 is 4.74 Å². The van der Waals surface area contributed by atoms with E-state index in [9.17, 15) is 9.59 Å². The molecule has 1 rings (SSSR count). The maximum atomic E-state index is 10.9. The number of rotatable bonds is 2. The number of cyclic esters (lactones) is 2. The van der Waals surface area contributed by atoms with Crippen LogP contribution in [-0.2, 0) is 14.3 Å². The minimum absolute atomic E-state index is 0.160. The van der Waals surface area contributed by atoms with Gasteiger partial charge in [-0.05, 0) is 6.92 Å². The zero-order valence-electron chi connectivity index (χ0n) is 6.37. The van der Waals surface area contributed by atoms with Crippen molar-refractivity contribution >= 4 is 29.5 Å². The van der Waals surface area contributed by atoms with E-state index in [4.69, 9.17) is 0 Å². The van der Waals surface area contributed by atoms with Gasteiger partial charge >= 0.3 is 11.9 Å². The summed E-state index contributed by atoms with van der Waals surface area (Å²) in [5.74, 6) is -1.29. The monoisotopic (exact) mass is 182 g/mol. The third kappa shape index (κ3) is 1.33. The molecular formula is C8H6O3S. The van der Waals surface area contributed by atoms with Crippen LogP contribution in [-0.4, -0.2) is 17.3 Å². The van der Waals surface area contributed by atoms with E-state index < -0.39 is 11.9 Å². The number of thiocarbonyl (C=S) groups is 1. The molecule has 3 nitrogen and oxygen atoms in total. The smallest absolute Gasteiger partial charge is 0.347 e. The molecule has 62 valence electrons. The van der Waals surface area contributed by atoms with Gasteiger partial charge in [-0.3, -0.25) is 0 Å². The van der Waals surface area contributed by atoms with Gasteiger partial charge in [-0.25, -0.2) is 9.59 Å². The maximum absolute atomic E-state index is 10.9. The van der Waals surface area contributed by atoms with Crippen LogP contribution < -0.4 is 0 Å². The number of hydrogen-bond donors (Lipinski definition) is 0. The van der Waals surface area contributed by atoms with E-state index in [0.29, 0.717) is 0 Å². The third-order valence-electron chi connectivity index (χ3n) is 1.37. The second-order valence-corrected chi connectivity index (χ2v) is 2.36. The molecule has 1 aliphatic heterocycles. The number of carbonyl (C=O) groups is 2. The summed E-state index contributed by atoms with van der Waals surface area (Å²) in [5, 5.41) is 1.16. The van der Waals surface area contributed by atoms with Crippen molar-refractivity contribution in [1.82, 2.24) is 0 Å². The molecule has 0 aromatic carbocycles. The van der Waals surface area contributed by atoms with Crippen molar-refractivity contribution in [3.63, 3.8) is 0 Å². The summed E-state index contributed by atoms with van der Waals surface area (Å²) in [7, 11) is 0. The SMILES string of the molecule is C/C=C\C1=C(C=S)C(=O)OC1=O. The van der Waals surface area contributed by atoms with Gasteiger partial charge in [0.05, 0.1) is 11.1 Å². The molecule has 1 aliphatic rings. The first kappa shape index (κ1) is 8.80. The Morgan fingerprint density at radius 1 is 1.25 bits per heavy atom. The summed E-state index contributed by atoms with van der Waals surface area (Å²) in [5.41, 5.74) is 0.394. The molecule has 4 heteroatoms. The zero-order valence-corrected chi connectivity index (χ0v) is 7.18. The maximum Gasteiger partial charge on any atom is 0.347 e. The zero-order chi connectivity index (χ0) is 9.14. The first-order valence-electron chi connectivity index (χ1n) is 3.29. The van der Waals surface area contributed by atoms with Crippen LogP contribution in [0.2, 0.25) is 0 Å². The van der Waals surface area contributed by atoms with Crippen LogP contribution in [0.1, 0.15) is 6.92 Å². The van der Waals surface area contributed by atoms with Crippen LogP contribution >= 0.6 is 12.2 Å². The van der Waals surface area contributed by atoms with Gasteiger partial charge in [0.15, 0.2) is 0 Å². The highest BCUT2D eigenvalue weighted by atomic mass is 32.1. The van der Waals surface area contributed by atoms with E-state index in [0.717, 1.165) is 5.37 Å². The Hall–Kier alpha value is -1.29. The van der Waals surface area contributed by atoms with Gasteiger partial charge in [-0.1, -0.05) is 24.4 Å². The normalized spacial score (nSPS) is 17.4. The van der Waals surface area contributed by atoms with Crippen molar-refractivity contribution in [2.45, 2.75) is 6.92 Å². The van der Waals surface area contributed by atoms with E-state index in [1.807, 2.05) is 0 Å². The lowest BCUT2D eigenvalue weighted by atomic mass is 10.1. The highest BCUT2D eigenvalue weighted by molar-refractivity contribution is 7.79. The summed E-state index contributed by atoms with van der Waals surface area (Å²) in [4.78, 5) is 21.8. The molecule has 0 spiro atoms. The minimum atomic E-state index is -0.664. The van der Waals surface area contributed by atoms with Crippen LogP contribution in [0.5, 0.6) is 0 Å². The average molecular weight is 182 g/mol. The van der Waals surface area contributed by atoms with Crippen LogP contribution in [0, 0.1) is 0 Å². The third-order valence-corrected chi connectivity index (χ3v) is 1.60. The first-order valence-corrected chi connectivity index (χ1v) is 3.76. The number of hydrogen-bond acceptors (Lipinski definition) is 4. The van der Waals surface area contributed by atoms with Crippen LogP contribution in [0.15, 0.2) is 23.3 Å².